The fraction of sp³-hybridized carbons (Fsp3) is 0.304. The Morgan fingerprint density at radius 1 is 1.07 bits per heavy atom. The van der Waals surface area contributed by atoms with Gasteiger partial charge in [-0.15, -0.1) is 0 Å². The summed E-state index contributed by atoms with van der Waals surface area (Å²) in [4.78, 5) is 17.1. The van der Waals surface area contributed by atoms with Gasteiger partial charge in [0.2, 0.25) is 5.91 Å². The molecule has 1 saturated heterocycles. The van der Waals surface area contributed by atoms with Crippen molar-refractivity contribution in [3.8, 4) is 5.69 Å². The summed E-state index contributed by atoms with van der Waals surface area (Å²) in [5.74, 6) is -0.0547. The first kappa shape index (κ1) is 19.3. The van der Waals surface area contributed by atoms with Crippen molar-refractivity contribution in [3.05, 3.63) is 83.9 Å². The second-order valence-electron chi connectivity index (χ2n) is 7.59. The van der Waals surface area contributed by atoms with Gasteiger partial charge in [0.1, 0.15) is 5.82 Å². The molecule has 1 amide bonds. The maximum atomic E-state index is 13.1. The van der Waals surface area contributed by atoms with Crippen LogP contribution in [0.2, 0.25) is 0 Å². The lowest BCUT2D eigenvalue weighted by atomic mass is 10.1. The molecule has 1 atom stereocenters. The highest BCUT2D eigenvalue weighted by Gasteiger charge is 2.27. The number of amides is 1. The number of halogens is 1. The summed E-state index contributed by atoms with van der Waals surface area (Å²) in [6.07, 6.45) is 4.05. The van der Waals surface area contributed by atoms with Crippen LogP contribution in [-0.2, 0) is 17.8 Å². The fourth-order valence-corrected chi connectivity index (χ4v) is 3.86. The van der Waals surface area contributed by atoms with Crippen molar-refractivity contribution in [3.63, 3.8) is 0 Å². The zero-order valence-corrected chi connectivity index (χ0v) is 16.5. The SMILES string of the molecule is C[C@@H]1CN(Cc2ccc(F)cc2)CCN1C(=O)Cc1ccc(-n2cccn2)cc1. The van der Waals surface area contributed by atoms with Gasteiger partial charge in [0.25, 0.3) is 0 Å². The molecule has 1 fully saturated rings. The van der Waals surface area contributed by atoms with Gasteiger partial charge < -0.3 is 4.90 Å². The van der Waals surface area contributed by atoms with Crippen molar-refractivity contribution in [2.24, 2.45) is 0 Å². The van der Waals surface area contributed by atoms with Crippen LogP contribution in [0.4, 0.5) is 4.39 Å². The first-order valence-corrected chi connectivity index (χ1v) is 9.94. The van der Waals surface area contributed by atoms with Gasteiger partial charge in [0.05, 0.1) is 12.1 Å². The molecule has 1 aromatic heterocycles. The molecule has 0 aliphatic carbocycles. The van der Waals surface area contributed by atoms with Crippen LogP contribution < -0.4 is 0 Å². The molecule has 5 nitrogen and oxygen atoms in total. The Balaban J connectivity index is 1.32. The number of hydrogen-bond acceptors (Lipinski definition) is 3. The molecule has 0 radical (unpaired) electrons. The molecule has 2 heterocycles. The zero-order valence-electron chi connectivity index (χ0n) is 16.5. The zero-order chi connectivity index (χ0) is 20.2. The van der Waals surface area contributed by atoms with Gasteiger partial charge >= 0.3 is 0 Å². The second kappa shape index (κ2) is 8.57. The van der Waals surface area contributed by atoms with Crippen molar-refractivity contribution in [1.29, 1.82) is 0 Å². The quantitative estimate of drug-likeness (QED) is 0.669. The van der Waals surface area contributed by atoms with Gasteiger partial charge in [-0.2, -0.15) is 5.10 Å². The van der Waals surface area contributed by atoms with Gasteiger partial charge in [-0.25, -0.2) is 9.07 Å². The lowest BCUT2D eigenvalue weighted by Crippen LogP contribution is -2.54. The number of aromatic nitrogens is 2. The topological polar surface area (TPSA) is 41.4 Å². The summed E-state index contributed by atoms with van der Waals surface area (Å²) in [6, 6.07) is 16.6. The highest BCUT2D eigenvalue weighted by Crippen LogP contribution is 2.16. The summed E-state index contributed by atoms with van der Waals surface area (Å²) in [5, 5.41) is 4.22. The van der Waals surface area contributed by atoms with Crippen molar-refractivity contribution < 1.29 is 9.18 Å². The molecule has 0 bridgehead atoms. The van der Waals surface area contributed by atoms with Crippen LogP contribution >= 0.6 is 0 Å². The summed E-state index contributed by atoms with van der Waals surface area (Å²) in [7, 11) is 0. The number of rotatable bonds is 5. The largest absolute Gasteiger partial charge is 0.337 e. The van der Waals surface area contributed by atoms with Crippen molar-refractivity contribution >= 4 is 5.91 Å². The minimum Gasteiger partial charge on any atom is -0.337 e. The summed E-state index contributed by atoms with van der Waals surface area (Å²) in [5.41, 5.74) is 3.08. The number of hydrogen-bond donors (Lipinski definition) is 0. The first-order chi connectivity index (χ1) is 14.1. The van der Waals surface area contributed by atoms with Crippen LogP contribution in [-0.4, -0.2) is 51.2 Å². The third-order valence-electron chi connectivity index (χ3n) is 5.41. The van der Waals surface area contributed by atoms with E-state index < -0.39 is 0 Å². The van der Waals surface area contributed by atoms with E-state index in [2.05, 4.69) is 16.9 Å². The molecule has 29 heavy (non-hydrogen) atoms. The van der Waals surface area contributed by atoms with E-state index in [1.54, 1.807) is 10.9 Å². The summed E-state index contributed by atoms with van der Waals surface area (Å²) >= 11 is 0. The fourth-order valence-electron chi connectivity index (χ4n) is 3.86. The van der Waals surface area contributed by atoms with Crippen LogP contribution in [0.5, 0.6) is 0 Å². The van der Waals surface area contributed by atoms with Gasteiger partial charge in [-0.1, -0.05) is 24.3 Å². The molecule has 1 aliphatic rings. The lowest BCUT2D eigenvalue weighted by Gasteiger charge is -2.40. The Bertz CT molecular complexity index is 938. The number of carbonyl (C=O) groups excluding carboxylic acids is 1. The Labute approximate surface area is 170 Å². The van der Waals surface area contributed by atoms with E-state index in [1.165, 1.54) is 12.1 Å². The van der Waals surface area contributed by atoms with Crippen molar-refractivity contribution in [1.82, 2.24) is 19.6 Å². The molecule has 6 heteroatoms. The van der Waals surface area contributed by atoms with E-state index in [4.69, 9.17) is 0 Å². The predicted molar refractivity (Wildman–Crippen MR) is 110 cm³/mol. The lowest BCUT2D eigenvalue weighted by molar-refractivity contribution is -0.135. The van der Waals surface area contributed by atoms with Gasteiger partial charge in [0.15, 0.2) is 0 Å². The van der Waals surface area contributed by atoms with Crippen LogP contribution in [0.15, 0.2) is 67.0 Å². The van der Waals surface area contributed by atoms with E-state index in [0.29, 0.717) is 13.0 Å². The average molecular weight is 392 g/mol. The smallest absolute Gasteiger partial charge is 0.227 e. The third-order valence-corrected chi connectivity index (χ3v) is 5.41. The Morgan fingerprint density at radius 3 is 2.45 bits per heavy atom. The summed E-state index contributed by atoms with van der Waals surface area (Å²) < 4.78 is 14.9. The van der Waals surface area contributed by atoms with Gasteiger partial charge in [-0.05, 0) is 48.4 Å². The maximum Gasteiger partial charge on any atom is 0.227 e. The molecular formula is C23H25FN4O. The molecule has 0 N–H and O–H groups in total. The average Bonchev–Trinajstić information content (AvgIpc) is 3.25. The monoisotopic (exact) mass is 392 g/mol. The van der Waals surface area contributed by atoms with E-state index in [1.807, 2.05) is 53.6 Å². The molecule has 2 aromatic carbocycles. The standard InChI is InChI=1S/C23H25FN4O/c1-18-16-26(17-20-3-7-21(24)8-4-20)13-14-27(18)23(29)15-19-5-9-22(10-6-19)28-12-2-11-25-28/h2-12,18H,13-17H2,1H3/t18-/m1/s1. The molecule has 150 valence electrons. The Kier molecular flexibility index (Phi) is 5.71. The minimum absolute atomic E-state index is 0.153. The van der Waals surface area contributed by atoms with Crippen molar-refractivity contribution in [2.75, 3.05) is 19.6 Å². The number of carbonyl (C=O) groups is 1. The van der Waals surface area contributed by atoms with E-state index >= 15 is 0 Å². The predicted octanol–water partition coefficient (Wildman–Crippen LogP) is 3.29. The molecule has 3 aromatic rings. The van der Waals surface area contributed by atoms with Gasteiger partial charge in [-0.3, -0.25) is 9.69 Å². The number of benzene rings is 2. The summed E-state index contributed by atoms with van der Waals surface area (Å²) in [6.45, 7) is 5.23. The minimum atomic E-state index is -0.213. The normalized spacial score (nSPS) is 17.4. The Hall–Kier alpha value is -2.99. The molecule has 0 saturated carbocycles. The number of nitrogens with zero attached hydrogens (tertiary/aromatic N) is 4. The van der Waals surface area contributed by atoms with Crippen LogP contribution in [0.1, 0.15) is 18.1 Å². The maximum absolute atomic E-state index is 13.1. The highest BCUT2D eigenvalue weighted by atomic mass is 19.1. The van der Waals surface area contributed by atoms with Crippen LogP contribution in [0.3, 0.4) is 0 Å². The third kappa shape index (κ3) is 4.71. The molecule has 0 spiro atoms. The van der Waals surface area contributed by atoms with Gasteiger partial charge in [0, 0.05) is 44.6 Å². The van der Waals surface area contributed by atoms with E-state index in [0.717, 1.165) is 36.4 Å². The first-order valence-electron chi connectivity index (χ1n) is 9.94. The molecule has 0 unspecified atom stereocenters. The number of piperazine rings is 1. The van der Waals surface area contributed by atoms with E-state index in [-0.39, 0.29) is 17.8 Å². The van der Waals surface area contributed by atoms with Crippen LogP contribution in [0.25, 0.3) is 5.69 Å². The highest BCUT2D eigenvalue weighted by molar-refractivity contribution is 5.79. The van der Waals surface area contributed by atoms with Crippen LogP contribution in [0, 0.1) is 5.82 Å². The van der Waals surface area contributed by atoms with E-state index in [9.17, 15) is 9.18 Å². The molecular weight excluding hydrogens is 367 g/mol. The molecule has 4 rings (SSSR count). The molecule has 1 aliphatic heterocycles. The van der Waals surface area contributed by atoms with Crippen molar-refractivity contribution in [2.45, 2.75) is 25.9 Å². The second-order valence-corrected chi connectivity index (χ2v) is 7.59. The Morgan fingerprint density at radius 2 is 1.79 bits per heavy atom.